The van der Waals surface area contributed by atoms with Gasteiger partial charge in [-0.15, -0.1) is 0 Å². The molecule has 0 saturated heterocycles. The van der Waals surface area contributed by atoms with Gasteiger partial charge < -0.3 is 4.55 Å². The van der Waals surface area contributed by atoms with Crippen molar-refractivity contribution in [3.63, 3.8) is 0 Å². The average Bonchev–Trinajstić information content (AvgIpc) is 3.31. The molecular weight excluding hydrogens is 421 g/mol. The third-order valence-corrected chi connectivity index (χ3v) is 11.6. The van der Waals surface area contributed by atoms with E-state index in [0.29, 0.717) is 0 Å². The van der Waals surface area contributed by atoms with E-state index in [1.54, 1.807) is 77.0 Å². The smallest absolute Gasteiger partial charge is 0.485 e. The summed E-state index contributed by atoms with van der Waals surface area (Å²) in [5.41, 5.74) is -5.65. The highest BCUT2D eigenvalue weighted by Crippen LogP contribution is 2.51. The second-order valence-corrected chi connectivity index (χ2v) is 13.4. The van der Waals surface area contributed by atoms with Gasteiger partial charge in [-0.05, 0) is 80.5 Å². The first kappa shape index (κ1) is 23.7. The maximum atomic E-state index is 10.7. The van der Waals surface area contributed by atoms with Gasteiger partial charge in [0.2, 0.25) is 0 Å². The van der Waals surface area contributed by atoms with Crippen molar-refractivity contribution in [2.75, 3.05) is 6.26 Å². The van der Waals surface area contributed by atoms with Crippen molar-refractivity contribution < 1.29 is 26.1 Å². The molecule has 6 atom stereocenters. The van der Waals surface area contributed by atoms with Crippen LogP contribution in [0, 0.1) is 23.7 Å². The molecule has 29 heavy (non-hydrogen) atoms. The minimum atomic E-state index is -6.09. The first-order chi connectivity index (χ1) is 13.6. The van der Waals surface area contributed by atoms with Crippen LogP contribution in [0.25, 0.3) is 0 Å². The molecule has 2 bridgehead atoms. The quantitative estimate of drug-likeness (QED) is 0.315. The third-order valence-electron chi connectivity index (χ3n) is 7.92. The van der Waals surface area contributed by atoms with Gasteiger partial charge in [0.15, 0.2) is 10.1 Å². The SMILES string of the molecule is C[S+](C1CC2CCC1C2)C1CCCCC1C1CCCCC1.O=S(=O)([O-])C(F)(F)F. The van der Waals surface area contributed by atoms with E-state index in [0.717, 1.165) is 45.1 Å². The highest BCUT2D eigenvalue weighted by Gasteiger charge is 2.52. The van der Waals surface area contributed by atoms with Gasteiger partial charge in [-0.1, -0.05) is 25.7 Å². The Morgan fingerprint density at radius 2 is 1.38 bits per heavy atom. The molecule has 8 heteroatoms. The van der Waals surface area contributed by atoms with Crippen LogP contribution < -0.4 is 0 Å². The van der Waals surface area contributed by atoms with Crippen molar-refractivity contribution in [2.45, 2.75) is 99.5 Å². The Kier molecular flexibility index (Phi) is 7.91. The summed E-state index contributed by atoms with van der Waals surface area (Å²) in [4.78, 5) is 0. The predicted octanol–water partition coefficient (Wildman–Crippen LogP) is 5.61. The summed E-state index contributed by atoms with van der Waals surface area (Å²) in [5, 5.41) is 2.28. The number of fused-ring (bicyclic) bond motifs is 2. The van der Waals surface area contributed by atoms with Gasteiger partial charge in [-0.2, -0.15) is 13.2 Å². The molecule has 0 aliphatic heterocycles. The molecule has 0 amide bonds. The van der Waals surface area contributed by atoms with Crippen molar-refractivity contribution >= 4 is 21.0 Å². The van der Waals surface area contributed by atoms with Crippen LogP contribution in [-0.2, 0) is 21.0 Å². The van der Waals surface area contributed by atoms with Gasteiger partial charge >= 0.3 is 5.51 Å². The van der Waals surface area contributed by atoms with E-state index in [9.17, 15) is 13.2 Å². The lowest BCUT2D eigenvalue weighted by molar-refractivity contribution is -0.0517. The zero-order valence-electron chi connectivity index (χ0n) is 17.3. The van der Waals surface area contributed by atoms with Gasteiger partial charge in [0.05, 0.1) is 6.26 Å². The summed E-state index contributed by atoms with van der Waals surface area (Å²) >= 11 is 0. The molecule has 0 radical (unpaired) electrons. The molecule has 4 saturated carbocycles. The topological polar surface area (TPSA) is 57.2 Å². The van der Waals surface area contributed by atoms with Crippen LogP contribution in [0.2, 0.25) is 0 Å². The Hall–Kier alpha value is 0.0500. The Bertz CT molecular complexity index is 632. The predicted molar refractivity (Wildman–Crippen MR) is 111 cm³/mol. The number of rotatable bonds is 3. The van der Waals surface area contributed by atoms with Crippen LogP contribution in [0.4, 0.5) is 13.2 Å². The first-order valence-corrected chi connectivity index (χ1v) is 14.4. The zero-order valence-corrected chi connectivity index (χ0v) is 19.0. The van der Waals surface area contributed by atoms with Crippen molar-refractivity contribution in [3.8, 4) is 0 Å². The summed E-state index contributed by atoms with van der Waals surface area (Å²) < 4.78 is 58.9. The number of hydrogen-bond acceptors (Lipinski definition) is 3. The van der Waals surface area contributed by atoms with Crippen molar-refractivity contribution in [1.82, 2.24) is 0 Å². The lowest BCUT2D eigenvalue weighted by Gasteiger charge is -2.39. The summed E-state index contributed by atoms with van der Waals surface area (Å²) in [6, 6.07) is 0. The van der Waals surface area contributed by atoms with Crippen molar-refractivity contribution in [3.05, 3.63) is 0 Å². The monoisotopic (exact) mass is 456 g/mol. The second-order valence-electron chi connectivity index (χ2n) is 9.61. The number of halogens is 3. The second kappa shape index (κ2) is 9.68. The minimum Gasteiger partial charge on any atom is -0.741 e. The lowest BCUT2D eigenvalue weighted by atomic mass is 9.73. The largest absolute Gasteiger partial charge is 0.741 e. The summed E-state index contributed by atoms with van der Waals surface area (Å²) in [6.45, 7) is 0. The summed E-state index contributed by atoms with van der Waals surface area (Å²) in [7, 11) is -5.35. The van der Waals surface area contributed by atoms with Gasteiger partial charge in [0, 0.05) is 11.8 Å². The standard InChI is InChI=1S/C20H35S.CHF3O3S/c1-21(20-14-15-11-12-17(20)13-15)19-10-6-5-9-18(19)16-7-3-2-4-8-16;2-1(3,4)8(5,6)7/h15-20H,2-14H2,1H3;(H,5,6,7)/q+1;/p-1. The molecule has 0 aromatic carbocycles. The van der Waals surface area contributed by atoms with E-state index >= 15 is 0 Å². The van der Waals surface area contributed by atoms with Crippen LogP contribution >= 0.6 is 0 Å². The Morgan fingerprint density at radius 3 is 1.90 bits per heavy atom. The molecule has 4 aliphatic carbocycles. The maximum Gasteiger partial charge on any atom is 0.485 e. The molecule has 0 N–H and O–H groups in total. The molecule has 0 spiro atoms. The first-order valence-electron chi connectivity index (χ1n) is 11.2. The van der Waals surface area contributed by atoms with E-state index < -0.39 is 15.6 Å². The van der Waals surface area contributed by atoms with Crippen molar-refractivity contribution in [2.24, 2.45) is 23.7 Å². The maximum absolute atomic E-state index is 10.7. The van der Waals surface area contributed by atoms with Gasteiger partial charge in [-0.3, -0.25) is 0 Å². The minimum absolute atomic E-state index is 0.737. The van der Waals surface area contributed by atoms with Crippen molar-refractivity contribution in [1.29, 1.82) is 0 Å². The Labute approximate surface area is 176 Å². The number of hydrogen-bond donors (Lipinski definition) is 0. The molecule has 4 aliphatic rings. The highest BCUT2D eigenvalue weighted by atomic mass is 32.2. The van der Waals surface area contributed by atoms with E-state index in [-0.39, 0.29) is 0 Å². The van der Waals surface area contributed by atoms with Gasteiger partial charge in [-0.25, -0.2) is 8.42 Å². The normalized spacial score (nSPS) is 37.1. The van der Waals surface area contributed by atoms with E-state index in [1.807, 2.05) is 0 Å². The van der Waals surface area contributed by atoms with E-state index in [2.05, 4.69) is 6.26 Å². The average molecular weight is 457 g/mol. The fraction of sp³-hybridized carbons (Fsp3) is 1.00. The molecule has 0 heterocycles. The fourth-order valence-corrected chi connectivity index (χ4v) is 9.88. The van der Waals surface area contributed by atoms with E-state index in [1.165, 1.54) is 6.42 Å². The molecule has 6 unspecified atom stereocenters. The van der Waals surface area contributed by atoms with Crippen LogP contribution in [0.3, 0.4) is 0 Å². The van der Waals surface area contributed by atoms with Crippen LogP contribution in [0.1, 0.15) is 83.5 Å². The number of alkyl halides is 3. The molecule has 0 aromatic heterocycles. The lowest BCUT2D eigenvalue weighted by Crippen LogP contribution is -2.43. The molecule has 170 valence electrons. The Balaban J connectivity index is 0.000000258. The zero-order chi connectivity index (χ0) is 21.2. The highest BCUT2D eigenvalue weighted by molar-refractivity contribution is 7.97. The molecular formula is C21H35F3O3S2. The fourth-order valence-electron chi connectivity index (χ4n) is 6.55. The molecule has 0 aromatic rings. The van der Waals surface area contributed by atoms with Crippen LogP contribution in [0.5, 0.6) is 0 Å². The Morgan fingerprint density at radius 1 is 0.793 bits per heavy atom. The third kappa shape index (κ3) is 5.85. The molecule has 4 rings (SSSR count). The molecule has 4 fully saturated rings. The van der Waals surface area contributed by atoms with Crippen LogP contribution in [0.15, 0.2) is 0 Å². The van der Waals surface area contributed by atoms with Crippen LogP contribution in [-0.4, -0.2) is 35.2 Å². The summed E-state index contributed by atoms with van der Waals surface area (Å²) in [5.74, 6) is 4.55. The summed E-state index contributed by atoms with van der Waals surface area (Å²) in [6.07, 6.45) is 23.2. The van der Waals surface area contributed by atoms with E-state index in [4.69, 9.17) is 13.0 Å². The van der Waals surface area contributed by atoms with Gasteiger partial charge in [0.25, 0.3) is 0 Å². The van der Waals surface area contributed by atoms with Gasteiger partial charge in [0.1, 0.15) is 10.5 Å². The molecule has 3 nitrogen and oxygen atoms in total.